The first kappa shape index (κ1) is 18.3. The van der Waals surface area contributed by atoms with E-state index in [4.69, 9.17) is 4.74 Å². The molecule has 0 atom stereocenters. The molecule has 0 aliphatic heterocycles. The van der Waals surface area contributed by atoms with Gasteiger partial charge in [0.05, 0.1) is 0 Å². The average molecular weight is 367 g/mol. The zero-order valence-corrected chi connectivity index (χ0v) is 15.9. The lowest BCUT2D eigenvalue weighted by Crippen LogP contribution is -2.18. The molecule has 0 unspecified atom stereocenters. The molecule has 0 saturated heterocycles. The van der Waals surface area contributed by atoms with E-state index in [1.807, 2.05) is 39.2 Å². The summed E-state index contributed by atoms with van der Waals surface area (Å²) in [5.74, 6) is 0.984. The second kappa shape index (κ2) is 7.40. The number of anilines is 3. The first-order valence-corrected chi connectivity index (χ1v) is 8.32. The number of nitrogens with zero attached hydrogens (tertiary/aromatic N) is 6. The number of hydrogen-bond donors (Lipinski definition) is 1. The molecule has 0 spiro atoms. The molecule has 0 aliphatic carbocycles. The normalized spacial score (nSPS) is 10.6. The Morgan fingerprint density at radius 2 is 1.81 bits per heavy atom. The lowest BCUT2D eigenvalue weighted by atomic mass is 10.1. The zero-order valence-electron chi connectivity index (χ0n) is 15.9. The first-order valence-electron chi connectivity index (χ1n) is 8.32. The van der Waals surface area contributed by atoms with Gasteiger partial charge in [0.1, 0.15) is 0 Å². The number of rotatable bonds is 5. The van der Waals surface area contributed by atoms with Crippen LogP contribution in [0.5, 0.6) is 11.9 Å². The highest BCUT2D eigenvalue weighted by atomic mass is 16.5. The van der Waals surface area contributed by atoms with Crippen LogP contribution in [0.1, 0.15) is 11.1 Å². The minimum atomic E-state index is -0.232. The molecule has 2 heterocycles. The Kier molecular flexibility index (Phi) is 5.02. The van der Waals surface area contributed by atoms with Gasteiger partial charge < -0.3 is 15.0 Å². The van der Waals surface area contributed by atoms with Crippen molar-refractivity contribution in [1.29, 1.82) is 0 Å². The van der Waals surface area contributed by atoms with Crippen LogP contribution in [0.3, 0.4) is 0 Å². The van der Waals surface area contributed by atoms with Crippen LogP contribution in [-0.2, 0) is 7.05 Å². The van der Waals surface area contributed by atoms with E-state index in [9.17, 15) is 4.79 Å². The molecule has 0 saturated carbocycles. The number of aryl methyl sites for hydroxylation is 3. The summed E-state index contributed by atoms with van der Waals surface area (Å²) < 4.78 is 6.80. The Labute approximate surface area is 156 Å². The van der Waals surface area contributed by atoms with E-state index in [2.05, 4.69) is 32.3 Å². The molecule has 0 bridgehead atoms. The van der Waals surface area contributed by atoms with E-state index in [0.29, 0.717) is 11.9 Å². The SMILES string of the molecule is Cc1ccc(Nc2nc(Oc3ccc(=O)n(C)n3)nc(N(C)C)n2)cc1C. The van der Waals surface area contributed by atoms with Gasteiger partial charge in [0.2, 0.25) is 17.8 Å². The molecular formula is C18H21N7O2. The third-order valence-electron chi connectivity index (χ3n) is 3.90. The number of nitrogens with one attached hydrogen (secondary N) is 1. The molecule has 0 radical (unpaired) electrons. The van der Waals surface area contributed by atoms with Gasteiger partial charge in [-0.15, -0.1) is 5.10 Å². The molecule has 140 valence electrons. The lowest BCUT2D eigenvalue weighted by molar-refractivity contribution is 0.407. The monoisotopic (exact) mass is 367 g/mol. The van der Waals surface area contributed by atoms with Gasteiger partial charge in [0.25, 0.3) is 5.56 Å². The predicted octanol–water partition coefficient (Wildman–Crippen LogP) is 2.18. The Hall–Kier alpha value is -3.49. The highest BCUT2D eigenvalue weighted by molar-refractivity contribution is 5.56. The van der Waals surface area contributed by atoms with Gasteiger partial charge in [0.15, 0.2) is 0 Å². The third kappa shape index (κ3) is 4.38. The van der Waals surface area contributed by atoms with Crippen molar-refractivity contribution in [3.05, 3.63) is 51.8 Å². The van der Waals surface area contributed by atoms with E-state index in [1.54, 1.807) is 11.9 Å². The van der Waals surface area contributed by atoms with Crippen LogP contribution in [0.4, 0.5) is 17.6 Å². The smallest absolute Gasteiger partial charge is 0.330 e. The summed E-state index contributed by atoms with van der Waals surface area (Å²) in [6.45, 7) is 4.09. The van der Waals surface area contributed by atoms with Crippen molar-refractivity contribution in [2.24, 2.45) is 7.05 Å². The number of ether oxygens (including phenoxy) is 1. The minimum Gasteiger partial charge on any atom is -0.403 e. The quantitative estimate of drug-likeness (QED) is 0.733. The fourth-order valence-electron chi connectivity index (χ4n) is 2.22. The summed E-state index contributed by atoms with van der Waals surface area (Å²) in [4.78, 5) is 26.2. The van der Waals surface area contributed by atoms with Gasteiger partial charge in [-0.05, 0) is 37.1 Å². The second-order valence-corrected chi connectivity index (χ2v) is 6.30. The standard InChI is InChI=1S/C18H21N7O2/c1-11-6-7-13(10-12(11)2)19-16-20-17(24(3)4)22-18(21-16)27-14-8-9-15(26)25(5)23-14/h6-10H,1-5H3,(H,19,20,21,22). The van der Waals surface area contributed by atoms with E-state index < -0.39 is 0 Å². The molecule has 1 N–H and O–H groups in total. The first-order chi connectivity index (χ1) is 12.8. The molecule has 0 amide bonds. The molecule has 3 aromatic rings. The molecule has 27 heavy (non-hydrogen) atoms. The van der Waals surface area contributed by atoms with Crippen LogP contribution in [0.2, 0.25) is 0 Å². The van der Waals surface area contributed by atoms with Gasteiger partial charge in [-0.1, -0.05) is 6.07 Å². The molecule has 2 aromatic heterocycles. The molecule has 9 heteroatoms. The molecule has 9 nitrogen and oxygen atoms in total. The summed E-state index contributed by atoms with van der Waals surface area (Å²) in [7, 11) is 5.19. The van der Waals surface area contributed by atoms with Crippen LogP contribution in [0.15, 0.2) is 35.1 Å². The van der Waals surface area contributed by atoms with Crippen LogP contribution in [-0.4, -0.2) is 38.8 Å². The van der Waals surface area contributed by atoms with Crippen LogP contribution in [0, 0.1) is 13.8 Å². The highest BCUT2D eigenvalue weighted by Gasteiger charge is 2.12. The minimum absolute atomic E-state index is 0.0752. The molecule has 3 rings (SSSR count). The van der Waals surface area contributed by atoms with Crippen molar-refractivity contribution in [3.8, 4) is 11.9 Å². The maximum absolute atomic E-state index is 11.5. The number of hydrogen-bond acceptors (Lipinski definition) is 8. The average Bonchev–Trinajstić information content (AvgIpc) is 2.61. The summed E-state index contributed by atoms with van der Waals surface area (Å²) in [6, 6.07) is 8.91. The van der Waals surface area contributed by atoms with E-state index in [1.165, 1.54) is 22.4 Å². The van der Waals surface area contributed by atoms with Gasteiger partial charge >= 0.3 is 6.01 Å². The van der Waals surface area contributed by atoms with Crippen LogP contribution < -0.4 is 20.5 Å². The summed E-state index contributed by atoms with van der Waals surface area (Å²) in [6.07, 6.45) is 0. The summed E-state index contributed by atoms with van der Waals surface area (Å²) >= 11 is 0. The third-order valence-corrected chi connectivity index (χ3v) is 3.90. The van der Waals surface area contributed by atoms with Gasteiger partial charge in [-0.2, -0.15) is 15.0 Å². The Morgan fingerprint density at radius 1 is 1.04 bits per heavy atom. The van der Waals surface area contributed by atoms with Crippen molar-refractivity contribution in [2.75, 3.05) is 24.3 Å². The molecule has 0 aliphatic rings. The topological polar surface area (TPSA) is 98.1 Å². The Bertz CT molecular complexity index is 1030. The number of aromatic nitrogens is 5. The van der Waals surface area contributed by atoms with Crippen molar-refractivity contribution in [1.82, 2.24) is 24.7 Å². The zero-order chi connectivity index (χ0) is 19.6. The Balaban J connectivity index is 1.93. The molecule has 0 fully saturated rings. The predicted molar refractivity (Wildman–Crippen MR) is 103 cm³/mol. The van der Waals surface area contributed by atoms with Gasteiger partial charge in [-0.25, -0.2) is 4.68 Å². The maximum atomic E-state index is 11.5. The fourth-order valence-corrected chi connectivity index (χ4v) is 2.22. The van der Waals surface area contributed by atoms with E-state index in [0.717, 1.165) is 11.3 Å². The van der Waals surface area contributed by atoms with Crippen LogP contribution >= 0.6 is 0 Å². The Morgan fingerprint density at radius 3 is 2.48 bits per heavy atom. The largest absolute Gasteiger partial charge is 0.403 e. The molecule has 1 aromatic carbocycles. The van der Waals surface area contributed by atoms with Gasteiger partial charge in [-0.3, -0.25) is 4.79 Å². The van der Waals surface area contributed by atoms with E-state index in [-0.39, 0.29) is 17.4 Å². The second-order valence-electron chi connectivity index (χ2n) is 6.30. The van der Waals surface area contributed by atoms with Crippen molar-refractivity contribution in [2.45, 2.75) is 13.8 Å². The highest BCUT2D eigenvalue weighted by Crippen LogP contribution is 2.22. The van der Waals surface area contributed by atoms with Gasteiger partial charge in [0, 0.05) is 39.0 Å². The fraction of sp³-hybridized carbons (Fsp3) is 0.278. The van der Waals surface area contributed by atoms with E-state index >= 15 is 0 Å². The summed E-state index contributed by atoms with van der Waals surface area (Å²) in [5, 5.41) is 7.19. The lowest BCUT2D eigenvalue weighted by Gasteiger charge is -2.14. The maximum Gasteiger partial charge on any atom is 0.330 e. The van der Waals surface area contributed by atoms with Crippen LogP contribution in [0.25, 0.3) is 0 Å². The van der Waals surface area contributed by atoms with Crippen molar-refractivity contribution >= 4 is 17.6 Å². The molecular weight excluding hydrogens is 346 g/mol. The number of benzene rings is 1. The summed E-state index contributed by atoms with van der Waals surface area (Å²) in [5.41, 5.74) is 2.99. The van der Waals surface area contributed by atoms with Crippen molar-refractivity contribution in [3.63, 3.8) is 0 Å². The van der Waals surface area contributed by atoms with Crippen molar-refractivity contribution < 1.29 is 4.74 Å².